The largest absolute Gasteiger partial charge is 0.469 e. The number of carbonyl (C=O) groups excluding carboxylic acids is 1. The fraction of sp³-hybridized carbons (Fsp3) is 0.800. The highest BCUT2D eigenvalue weighted by atomic mass is 16.5. The summed E-state index contributed by atoms with van der Waals surface area (Å²) in [7, 11) is 4.98. The Balaban J connectivity index is 3.28. The van der Waals surface area contributed by atoms with Crippen LogP contribution in [0.3, 0.4) is 0 Å². The van der Waals surface area contributed by atoms with E-state index < -0.39 is 0 Å². The van der Waals surface area contributed by atoms with Crippen LogP contribution >= 0.6 is 0 Å². The summed E-state index contributed by atoms with van der Waals surface area (Å²) in [5, 5.41) is 6.08. The molecule has 0 saturated heterocycles. The molecule has 0 unspecified atom stereocenters. The Labute approximate surface area is 91.3 Å². The molecule has 0 aromatic carbocycles. The van der Waals surface area contributed by atoms with E-state index in [0.29, 0.717) is 6.42 Å². The first-order valence-electron chi connectivity index (χ1n) is 5.19. The number of aliphatic imine (C=N–C) groups is 1. The molecule has 0 aliphatic heterocycles. The van der Waals surface area contributed by atoms with Crippen LogP contribution in [0, 0.1) is 0 Å². The second kappa shape index (κ2) is 9.30. The molecule has 0 aromatic rings. The summed E-state index contributed by atoms with van der Waals surface area (Å²) in [6.45, 7) is 0.870. The van der Waals surface area contributed by atoms with Crippen molar-refractivity contribution in [1.82, 2.24) is 10.6 Å². The number of rotatable bonds is 6. The van der Waals surface area contributed by atoms with E-state index in [1.54, 1.807) is 7.05 Å². The SMILES string of the molecule is CN=C(NC)NCCCCCC(=O)OC. The predicted molar refractivity (Wildman–Crippen MR) is 60.9 cm³/mol. The van der Waals surface area contributed by atoms with Crippen molar-refractivity contribution in [3.63, 3.8) is 0 Å². The van der Waals surface area contributed by atoms with Crippen LogP contribution in [0.4, 0.5) is 0 Å². The topological polar surface area (TPSA) is 62.7 Å². The number of methoxy groups -OCH3 is 1. The van der Waals surface area contributed by atoms with Gasteiger partial charge in [0.25, 0.3) is 0 Å². The number of hydrogen-bond donors (Lipinski definition) is 2. The zero-order valence-electron chi connectivity index (χ0n) is 9.80. The van der Waals surface area contributed by atoms with Crippen molar-refractivity contribution < 1.29 is 9.53 Å². The van der Waals surface area contributed by atoms with E-state index in [4.69, 9.17) is 0 Å². The van der Waals surface area contributed by atoms with Gasteiger partial charge in [-0.05, 0) is 12.8 Å². The Kier molecular flexibility index (Phi) is 8.52. The Morgan fingerprint density at radius 3 is 2.60 bits per heavy atom. The van der Waals surface area contributed by atoms with Crippen LogP contribution < -0.4 is 10.6 Å². The molecule has 0 fully saturated rings. The van der Waals surface area contributed by atoms with Crippen LogP contribution in [0.15, 0.2) is 4.99 Å². The number of esters is 1. The van der Waals surface area contributed by atoms with Gasteiger partial charge in [-0.15, -0.1) is 0 Å². The minimum Gasteiger partial charge on any atom is -0.469 e. The average Bonchev–Trinajstić information content (AvgIpc) is 2.28. The maximum Gasteiger partial charge on any atom is 0.305 e. The zero-order valence-corrected chi connectivity index (χ0v) is 9.80. The van der Waals surface area contributed by atoms with Crippen LogP contribution in [0.5, 0.6) is 0 Å². The first kappa shape index (κ1) is 13.7. The van der Waals surface area contributed by atoms with Gasteiger partial charge in [0, 0.05) is 27.1 Å². The lowest BCUT2D eigenvalue weighted by Gasteiger charge is -2.07. The standard InChI is InChI=1S/C10H21N3O2/c1-11-10(12-2)13-8-6-4-5-7-9(14)15-3/h4-8H2,1-3H3,(H2,11,12,13). The van der Waals surface area contributed by atoms with Gasteiger partial charge >= 0.3 is 5.97 Å². The highest BCUT2D eigenvalue weighted by Crippen LogP contribution is 1.99. The van der Waals surface area contributed by atoms with E-state index in [1.165, 1.54) is 7.11 Å². The van der Waals surface area contributed by atoms with Gasteiger partial charge in [-0.25, -0.2) is 0 Å². The Morgan fingerprint density at radius 1 is 1.33 bits per heavy atom. The average molecular weight is 215 g/mol. The number of unbranched alkanes of at least 4 members (excludes halogenated alkanes) is 2. The van der Waals surface area contributed by atoms with Crippen LogP contribution in [0.1, 0.15) is 25.7 Å². The first-order chi connectivity index (χ1) is 7.24. The molecule has 0 bridgehead atoms. The van der Waals surface area contributed by atoms with Gasteiger partial charge in [-0.1, -0.05) is 6.42 Å². The summed E-state index contributed by atoms with van der Waals surface area (Å²) in [4.78, 5) is 14.8. The fourth-order valence-electron chi connectivity index (χ4n) is 1.16. The van der Waals surface area contributed by atoms with Gasteiger partial charge < -0.3 is 15.4 Å². The third-order valence-electron chi connectivity index (χ3n) is 2.04. The first-order valence-corrected chi connectivity index (χ1v) is 5.19. The lowest BCUT2D eigenvalue weighted by atomic mass is 10.2. The van der Waals surface area contributed by atoms with Gasteiger partial charge in [0.1, 0.15) is 0 Å². The van der Waals surface area contributed by atoms with Crippen molar-refractivity contribution in [3.8, 4) is 0 Å². The predicted octanol–water partition coefficient (Wildman–Crippen LogP) is 0.515. The minimum atomic E-state index is -0.131. The quantitative estimate of drug-likeness (QED) is 0.293. The smallest absolute Gasteiger partial charge is 0.305 e. The molecule has 0 aliphatic rings. The lowest BCUT2D eigenvalue weighted by Crippen LogP contribution is -2.35. The number of ether oxygens (including phenoxy) is 1. The summed E-state index contributed by atoms with van der Waals surface area (Å²) in [6.07, 6.45) is 3.43. The molecule has 5 nitrogen and oxygen atoms in total. The van der Waals surface area contributed by atoms with E-state index in [2.05, 4.69) is 20.4 Å². The van der Waals surface area contributed by atoms with Crippen LogP contribution in [-0.4, -0.2) is 39.7 Å². The molecule has 0 saturated carbocycles. The Hall–Kier alpha value is -1.26. The van der Waals surface area contributed by atoms with E-state index in [9.17, 15) is 4.79 Å². The zero-order chi connectivity index (χ0) is 11.5. The third kappa shape index (κ3) is 7.78. The molecule has 2 N–H and O–H groups in total. The summed E-state index contributed by atoms with van der Waals surface area (Å²) in [5.74, 6) is 0.664. The normalized spacial score (nSPS) is 11.0. The van der Waals surface area contributed by atoms with Gasteiger partial charge in [0.15, 0.2) is 5.96 Å². The van der Waals surface area contributed by atoms with Crippen LogP contribution in [-0.2, 0) is 9.53 Å². The number of hydrogen-bond acceptors (Lipinski definition) is 3. The molecule has 0 atom stereocenters. The molecule has 0 aliphatic carbocycles. The van der Waals surface area contributed by atoms with Crippen molar-refractivity contribution in [2.75, 3.05) is 27.7 Å². The number of guanidine groups is 1. The summed E-state index contributed by atoms with van der Waals surface area (Å²) < 4.78 is 4.55. The van der Waals surface area contributed by atoms with Crippen molar-refractivity contribution in [3.05, 3.63) is 0 Å². The molecule has 15 heavy (non-hydrogen) atoms. The Morgan fingerprint density at radius 2 is 2.07 bits per heavy atom. The molecule has 5 heteroatoms. The molecular weight excluding hydrogens is 194 g/mol. The van der Waals surface area contributed by atoms with E-state index in [1.807, 2.05) is 7.05 Å². The molecule has 88 valence electrons. The number of nitrogens with zero attached hydrogens (tertiary/aromatic N) is 1. The van der Waals surface area contributed by atoms with Gasteiger partial charge in [-0.3, -0.25) is 9.79 Å². The van der Waals surface area contributed by atoms with Crippen molar-refractivity contribution in [1.29, 1.82) is 0 Å². The molecule has 0 aromatic heterocycles. The number of nitrogens with one attached hydrogen (secondary N) is 2. The lowest BCUT2D eigenvalue weighted by molar-refractivity contribution is -0.140. The van der Waals surface area contributed by atoms with Crippen molar-refractivity contribution >= 4 is 11.9 Å². The molecule has 0 rings (SSSR count). The van der Waals surface area contributed by atoms with Crippen molar-refractivity contribution in [2.45, 2.75) is 25.7 Å². The van der Waals surface area contributed by atoms with Gasteiger partial charge in [-0.2, -0.15) is 0 Å². The molecule has 0 amide bonds. The summed E-state index contributed by atoms with van der Waals surface area (Å²) in [6, 6.07) is 0. The maximum absolute atomic E-state index is 10.8. The molecule has 0 heterocycles. The van der Waals surface area contributed by atoms with E-state index in [0.717, 1.165) is 31.8 Å². The minimum absolute atomic E-state index is 0.131. The van der Waals surface area contributed by atoms with Crippen LogP contribution in [0.2, 0.25) is 0 Å². The maximum atomic E-state index is 10.8. The third-order valence-corrected chi connectivity index (χ3v) is 2.04. The highest BCUT2D eigenvalue weighted by molar-refractivity contribution is 5.79. The fourth-order valence-corrected chi connectivity index (χ4v) is 1.16. The summed E-state index contributed by atoms with van der Waals surface area (Å²) >= 11 is 0. The van der Waals surface area contributed by atoms with Crippen molar-refractivity contribution in [2.24, 2.45) is 4.99 Å². The second-order valence-electron chi connectivity index (χ2n) is 3.14. The number of carbonyl (C=O) groups is 1. The van der Waals surface area contributed by atoms with E-state index in [-0.39, 0.29) is 5.97 Å². The monoisotopic (exact) mass is 215 g/mol. The van der Waals surface area contributed by atoms with E-state index >= 15 is 0 Å². The molecule has 0 spiro atoms. The molecule has 0 radical (unpaired) electrons. The Bertz CT molecular complexity index is 205. The summed E-state index contributed by atoms with van der Waals surface area (Å²) in [5.41, 5.74) is 0. The second-order valence-corrected chi connectivity index (χ2v) is 3.14. The van der Waals surface area contributed by atoms with Gasteiger partial charge in [0.05, 0.1) is 7.11 Å². The van der Waals surface area contributed by atoms with Gasteiger partial charge in [0.2, 0.25) is 0 Å². The van der Waals surface area contributed by atoms with Crippen LogP contribution in [0.25, 0.3) is 0 Å². The molecular formula is C10H21N3O2. The highest BCUT2D eigenvalue weighted by Gasteiger charge is 1.99.